The molecule has 0 aromatic carbocycles. The molecule has 0 saturated heterocycles. The largest absolute Gasteiger partial charge is 0.362 e. The molecular formula is C14H12N4. The SMILES string of the molecule is Cc1[nH]c2c(c1C(C#N)=C(C#N)C#N)CCCC2. The van der Waals surface area contributed by atoms with Crippen LogP contribution in [-0.2, 0) is 12.8 Å². The van der Waals surface area contributed by atoms with E-state index in [9.17, 15) is 5.26 Å². The van der Waals surface area contributed by atoms with Gasteiger partial charge in [0.05, 0.1) is 5.57 Å². The Hall–Kier alpha value is -2.51. The molecule has 88 valence electrons. The van der Waals surface area contributed by atoms with Gasteiger partial charge in [0.15, 0.2) is 0 Å². The molecule has 4 heteroatoms. The second kappa shape index (κ2) is 4.78. The first-order chi connectivity index (χ1) is 8.72. The summed E-state index contributed by atoms with van der Waals surface area (Å²) in [5, 5.41) is 27.1. The minimum Gasteiger partial charge on any atom is -0.362 e. The summed E-state index contributed by atoms with van der Waals surface area (Å²) >= 11 is 0. The van der Waals surface area contributed by atoms with Crippen molar-refractivity contribution < 1.29 is 0 Å². The number of hydrogen-bond donors (Lipinski definition) is 1. The predicted molar refractivity (Wildman–Crippen MR) is 65.9 cm³/mol. The number of H-pyrrole nitrogens is 1. The summed E-state index contributed by atoms with van der Waals surface area (Å²) < 4.78 is 0. The number of aryl methyl sites for hydroxylation is 2. The maximum atomic E-state index is 9.23. The van der Waals surface area contributed by atoms with Gasteiger partial charge in [-0.2, -0.15) is 15.8 Å². The van der Waals surface area contributed by atoms with Crippen molar-refractivity contribution in [1.29, 1.82) is 15.8 Å². The predicted octanol–water partition coefficient (Wildman–Crippen LogP) is 2.53. The average molecular weight is 236 g/mol. The molecular weight excluding hydrogens is 224 g/mol. The highest BCUT2D eigenvalue weighted by Gasteiger charge is 2.22. The molecule has 1 aliphatic carbocycles. The van der Waals surface area contributed by atoms with Gasteiger partial charge in [-0.15, -0.1) is 0 Å². The van der Waals surface area contributed by atoms with Gasteiger partial charge in [0.2, 0.25) is 0 Å². The first-order valence-corrected chi connectivity index (χ1v) is 5.88. The summed E-state index contributed by atoms with van der Waals surface area (Å²) in [5.74, 6) is 0. The molecule has 0 spiro atoms. The van der Waals surface area contributed by atoms with E-state index in [1.807, 2.05) is 25.1 Å². The monoisotopic (exact) mass is 236 g/mol. The van der Waals surface area contributed by atoms with E-state index in [1.54, 1.807) is 0 Å². The van der Waals surface area contributed by atoms with E-state index in [0.29, 0.717) is 0 Å². The summed E-state index contributed by atoms with van der Waals surface area (Å²) in [5.41, 5.74) is 4.01. The molecule has 0 atom stereocenters. The van der Waals surface area contributed by atoms with Gasteiger partial charge < -0.3 is 4.98 Å². The van der Waals surface area contributed by atoms with E-state index in [0.717, 1.165) is 48.2 Å². The Morgan fingerprint density at radius 1 is 1.06 bits per heavy atom. The fourth-order valence-corrected chi connectivity index (χ4v) is 2.55. The van der Waals surface area contributed by atoms with Crippen LogP contribution in [0.5, 0.6) is 0 Å². The lowest BCUT2D eigenvalue weighted by Crippen LogP contribution is -2.02. The Morgan fingerprint density at radius 2 is 1.72 bits per heavy atom. The Kier molecular flexibility index (Phi) is 3.18. The molecule has 0 radical (unpaired) electrons. The van der Waals surface area contributed by atoms with Crippen molar-refractivity contribution >= 4 is 5.57 Å². The Labute approximate surface area is 106 Å². The van der Waals surface area contributed by atoms with Crippen LogP contribution >= 0.6 is 0 Å². The first-order valence-electron chi connectivity index (χ1n) is 5.88. The van der Waals surface area contributed by atoms with Crippen LogP contribution in [-0.4, -0.2) is 4.98 Å². The van der Waals surface area contributed by atoms with E-state index in [2.05, 4.69) is 4.98 Å². The molecule has 4 nitrogen and oxygen atoms in total. The summed E-state index contributed by atoms with van der Waals surface area (Å²) in [6, 6.07) is 5.63. The Bertz CT molecular complexity index is 625. The Morgan fingerprint density at radius 3 is 2.33 bits per heavy atom. The van der Waals surface area contributed by atoms with Gasteiger partial charge >= 0.3 is 0 Å². The van der Waals surface area contributed by atoms with Crippen molar-refractivity contribution in [2.75, 3.05) is 0 Å². The molecule has 0 bridgehead atoms. The number of rotatable bonds is 1. The van der Waals surface area contributed by atoms with E-state index in [1.165, 1.54) is 0 Å². The summed E-state index contributed by atoms with van der Waals surface area (Å²) in [6.07, 6.45) is 4.11. The molecule has 0 fully saturated rings. The highest BCUT2D eigenvalue weighted by Crippen LogP contribution is 2.32. The summed E-state index contributed by atoms with van der Waals surface area (Å²) in [4.78, 5) is 3.28. The third-order valence-electron chi connectivity index (χ3n) is 3.32. The van der Waals surface area contributed by atoms with Crippen molar-refractivity contribution in [3.05, 3.63) is 28.1 Å². The highest BCUT2D eigenvalue weighted by molar-refractivity contribution is 5.87. The van der Waals surface area contributed by atoms with E-state index < -0.39 is 0 Å². The molecule has 18 heavy (non-hydrogen) atoms. The molecule has 2 rings (SSSR count). The van der Waals surface area contributed by atoms with Gasteiger partial charge in [-0.3, -0.25) is 0 Å². The van der Waals surface area contributed by atoms with E-state index >= 15 is 0 Å². The molecule has 1 N–H and O–H groups in total. The zero-order chi connectivity index (χ0) is 13.1. The second-order valence-corrected chi connectivity index (χ2v) is 4.37. The van der Waals surface area contributed by atoms with Crippen molar-refractivity contribution in [1.82, 2.24) is 4.98 Å². The summed E-state index contributed by atoms with van der Waals surface area (Å²) in [7, 11) is 0. The number of aromatic nitrogens is 1. The molecule has 0 unspecified atom stereocenters. The van der Waals surface area contributed by atoms with Crippen LogP contribution in [0.25, 0.3) is 5.57 Å². The topological polar surface area (TPSA) is 87.2 Å². The number of hydrogen-bond acceptors (Lipinski definition) is 3. The lowest BCUT2D eigenvalue weighted by molar-refractivity contribution is 0.676. The van der Waals surface area contributed by atoms with Crippen molar-refractivity contribution in [2.45, 2.75) is 32.6 Å². The normalized spacial score (nSPS) is 12.8. The molecule has 1 heterocycles. The average Bonchev–Trinajstić information content (AvgIpc) is 2.72. The van der Waals surface area contributed by atoms with Gasteiger partial charge in [-0.1, -0.05) is 0 Å². The number of nitrogens with zero attached hydrogens (tertiary/aromatic N) is 3. The third-order valence-corrected chi connectivity index (χ3v) is 3.32. The quantitative estimate of drug-likeness (QED) is 0.760. The van der Waals surface area contributed by atoms with Crippen molar-refractivity contribution in [3.63, 3.8) is 0 Å². The number of allylic oxidation sites excluding steroid dienone is 2. The lowest BCUT2D eigenvalue weighted by atomic mass is 9.90. The molecule has 1 aromatic rings. The van der Waals surface area contributed by atoms with Crippen molar-refractivity contribution in [3.8, 4) is 18.2 Å². The van der Waals surface area contributed by atoms with E-state index in [4.69, 9.17) is 10.5 Å². The number of nitrogens with one attached hydrogen (secondary N) is 1. The third kappa shape index (κ3) is 1.77. The maximum Gasteiger partial charge on any atom is 0.148 e. The molecule has 0 amide bonds. The van der Waals surface area contributed by atoms with Crippen LogP contribution < -0.4 is 0 Å². The highest BCUT2D eigenvalue weighted by atomic mass is 14.7. The Balaban J connectivity index is 2.70. The zero-order valence-corrected chi connectivity index (χ0v) is 10.2. The minimum atomic E-state index is -0.104. The van der Waals surface area contributed by atoms with Crippen LogP contribution in [0, 0.1) is 40.9 Å². The molecule has 0 aliphatic heterocycles. The first kappa shape index (κ1) is 12.0. The molecule has 0 saturated carbocycles. The molecule has 1 aromatic heterocycles. The van der Waals surface area contributed by atoms with Crippen LogP contribution in [0.4, 0.5) is 0 Å². The number of nitriles is 3. The lowest BCUT2D eigenvalue weighted by Gasteiger charge is -2.12. The standard InChI is InChI=1S/C14H12N4/c1-9-14(12(8-17)10(6-15)7-16)11-4-2-3-5-13(11)18-9/h18H,2-5H2,1H3. The summed E-state index contributed by atoms with van der Waals surface area (Å²) in [6.45, 7) is 1.89. The maximum absolute atomic E-state index is 9.23. The fraction of sp³-hybridized carbons (Fsp3) is 0.357. The van der Waals surface area contributed by atoms with Gasteiger partial charge in [0, 0.05) is 17.0 Å². The van der Waals surface area contributed by atoms with Gasteiger partial charge in [-0.25, -0.2) is 0 Å². The van der Waals surface area contributed by atoms with Gasteiger partial charge in [0.25, 0.3) is 0 Å². The van der Waals surface area contributed by atoms with Crippen LogP contribution in [0.2, 0.25) is 0 Å². The van der Waals surface area contributed by atoms with Gasteiger partial charge in [0.1, 0.15) is 23.8 Å². The smallest absolute Gasteiger partial charge is 0.148 e. The minimum absolute atomic E-state index is 0.104. The van der Waals surface area contributed by atoms with Crippen LogP contribution in [0.1, 0.15) is 35.4 Å². The number of aromatic amines is 1. The fourth-order valence-electron chi connectivity index (χ4n) is 2.55. The zero-order valence-electron chi connectivity index (χ0n) is 10.2. The van der Waals surface area contributed by atoms with Crippen LogP contribution in [0.15, 0.2) is 5.57 Å². The molecule has 1 aliphatic rings. The van der Waals surface area contributed by atoms with E-state index in [-0.39, 0.29) is 11.1 Å². The van der Waals surface area contributed by atoms with Crippen LogP contribution in [0.3, 0.4) is 0 Å². The second-order valence-electron chi connectivity index (χ2n) is 4.37. The number of fused-ring (bicyclic) bond motifs is 1. The van der Waals surface area contributed by atoms with Gasteiger partial charge in [-0.05, 0) is 38.2 Å². The van der Waals surface area contributed by atoms with Crippen molar-refractivity contribution in [2.24, 2.45) is 0 Å².